The van der Waals surface area contributed by atoms with Crippen LogP contribution in [-0.2, 0) is 14.9 Å². The lowest BCUT2D eigenvalue weighted by molar-refractivity contribution is 0.0699. The van der Waals surface area contributed by atoms with Crippen LogP contribution in [0.15, 0.2) is 30.3 Å². The molecule has 20 heavy (non-hydrogen) atoms. The number of hydrogen-bond acceptors (Lipinski definition) is 3. The first kappa shape index (κ1) is 14.0. The van der Waals surface area contributed by atoms with Crippen LogP contribution in [0.1, 0.15) is 24.4 Å². The normalized spacial score (nSPS) is 25.9. The monoisotopic (exact) mass is 296 g/mol. The fourth-order valence-corrected chi connectivity index (χ4v) is 4.77. The van der Waals surface area contributed by atoms with Crippen molar-refractivity contribution in [3.8, 4) is 0 Å². The molecule has 6 heteroatoms. The van der Waals surface area contributed by atoms with Gasteiger partial charge >= 0.3 is 0 Å². The van der Waals surface area contributed by atoms with Gasteiger partial charge < -0.3 is 4.74 Å². The standard InChI is InChI=1S/C14H20N2O3S/c17-20(18,15-9-11-19-12-10-15)16-8-4-7-14(16)13-5-2-1-3-6-13/h1-3,5-6,14H,4,7-12H2/t14-/m1/s1. The summed E-state index contributed by atoms with van der Waals surface area (Å²) in [6.07, 6.45) is 1.82. The molecule has 0 saturated carbocycles. The third kappa shape index (κ3) is 2.61. The second-order valence-electron chi connectivity index (χ2n) is 5.20. The maximum absolute atomic E-state index is 12.8. The van der Waals surface area contributed by atoms with E-state index in [0.29, 0.717) is 32.8 Å². The molecule has 2 aliphatic rings. The van der Waals surface area contributed by atoms with Crippen molar-refractivity contribution in [1.82, 2.24) is 8.61 Å². The van der Waals surface area contributed by atoms with Crippen LogP contribution in [0.3, 0.4) is 0 Å². The minimum absolute atomic E-state index is 0.0240. The Bertz CT molecular complexity index is 541. The predicted molar refractivity (Wildman–Crippen MR) is 76.4 cm³/mol. The first-order valence-corrected chi connectivity index (χ1v) is 8.49. The van der Waals surface area contributed by atoms with Gasteiger partial charge in [0.05, 0.1) is 19.3 Å². The Morgan fingerprint density at radius 1 is 1.05 bits per heavy atom. The van der Waals surface area contributed by atoms with E-state index in [9.17, 15) is 8.42 Å². The van der Waals surface area contributed by atoms with Gasteiger partial charge in [0.15, 0.2) is 0 Å². The summed E-state index contributed by atoms with van der Waals surface area (Å²) >= 11 is 0. The topological polar surface area (TPSA) is 49.9 Å². The Kier molecular flexibility index (Phi) is 4.07. The first-order chi connectivity index (χ1) is 9.69. The van der Waals surface area contributed by atoms with Crippen LogP contribution >= 0.6 is 0 Å². The molecule has 2 aliphatic heterocycles. The number of benzene rings is 1. The third-order valence-electron chi connectivity index (χ3n) is 3.98. The maximum atomic E-state index is 12.8. The van der Waals surface area contributed by atoms with E-state index in [2.05, 4.69) is 0 Å². The van der Waals surface area contributed by atoms with E-state index in [4.69, 9.17) is 4.74 Å². The Balaban J connectivity index is 1.84. The van der Waals surface area contributed by atoms with Crippen LogP contribution in [0.25, 0.3) is 0 Å². The minimum Gasteiger partial charge on any atom is -0.379 e. The fraction of sp³-hybridized carbons (Fsp3) is 0.571. The van der Waals surface area contributed by atoms with Gasteiger partial charge in [-0.3, -0.25) is 0 Å². The van der Waals surface area contributed by atoms with Gasteiger partial charge in [-0.1, -0.05) is 30.3 Å². The SMILES string of the molecule is O=S(=O)(N1CCOCC1)N1CCC[C@@H]1c1ccccc1. The molecule has 0 bridgehead atoms. The van der Waals surface area contributed by atoms with Gasteiger partial charge in [0.1, 0.15) is 0 Å². The van der Waals surface area contributed by atoms with Gasteiger partial charge in [0, 0.05) is 19.6 Å². The molecule has 3 rings (SSSR count). The molecule has 0 radical (unpaired) electrons. The molecule has 0 unspecified atom stereocenters. The molecule has 0 aliphatic carbocycles. The summed E-state index contributed by atoms with van der Waals surface area (Å²) in [5.41, 5.74) is 1.09. The summed E-state index contributed by atoms with van der Waals surface area (Å²) in [6.45, 7) is 2.51. The van der Waals surface area contributed by atoms with Crippen molar-refractivity contribution < 1.29 is 13.2 Å². The van der Waals surface area contributed by atoms with Crippen LogP contribution in [0.2, 0.25) is 0 Å². The number of morpholine rings is 1. The lowest BCUT2D eigenvalue weighted by Gasteiger charge is -2.33. The van der Waals surface area contributed by atoms with Crippen LogP contribution in [-0.4, -0.2) is 49.9 Å². The summed E-state index contributed by atoms with van der Waals surface area (Å²) in [4.78, 5) is 0. The maximum Gasteiger partial charge on any atom is 0.282 e. The highest BCUT2D eigenvalue weighted by atomic mass is 32.2. The summed E-state index contributed by atoms with van der Waals surface area (Å²) in [6, 6.07) is 9.89. The second-order valence-corrected chi connectivity index (χ2v) is 7.08. The second kappa shape index (κ2) is 5.81. The Morgan fingerprint density at radius 2 is 1.75 bits per heavy atom. The number of rotatable bonds is 3. The Labute approximate surface area is 120 Å². The molecule has 110 valence electrons. The molecule has 1 aromatic rings. The molecular formula is C14H20N2O3S. The average Bonchev–Trinajstić information content (AvgIpc) is 2.99. The van der Waals surface area contributed by atoms with E-state index < -0.39 is 10.2 Å². The highest BCUT2D eigenvalue weighted by Crippen LogP contribution is 2.35. The molecule has 0 spiro atoms. The average molecular weight is 296 g/mol. The molecule has 5 nitrogen and oxygen atoms in total. The molecule has 1 aromatic carbocycles. The van der Waals surface area contributed by atoms with E-state index in [1.807, 2.05) is 30.3 Å². The summed E-state index contributed by atoms with van der Waals surface area (Å²) in [5.74, 6) is 0. The van der Waals surface area contributed by atoms with Crippen LogP contribution in [0, 0.1) is 0 Å². The van der Waals surface area contributed by atoms with Crippen molar-refractivity contribution in [1.29, 1.82) is 0 Å². The van der Waals surface area contributed by atoms with Gasteiger partial charge in [-0.2, -0.15) is 17.0 Å². The van der Waals surface area contributed by atoms with E-state index in [1.165, 1.54) is 0 Å². The highest BCUT2D eigenvalue weighted by Gasteiger charge is 2.39. The van der Waals surface area contributed by atoms with Gasteiger partial charge in [0.2, 0.25) is 0 Å². The Hall–Kier alpha value is -0.950. The highest BCUT2D eigenvalue weighted by molar-refractivity contribution is 7.86. The zero-order valence-electron chi connectivity index (χ0n) is 11.4. The fourth-order valence-electron chi connectivity index (χ4n) is 2.95. The first-order valence-electron chi connectivity index (χ1n) is 7.09. The van der Waals surface area contributed by atoms with Gasteiger partial charge in [-0.15, -0.1) is 0 Å². The minimum atomic E-state index is -3.37. The van der Waals surface area contributed by atoms with E-state index in [1.54, 1.807) is 8.61 Å². The molecule has 2 fully saturated rings. The van der Waals surface area contributed by atoms with Crippen molar-refractivity contribution in [2.24, 2.45) is 0 Å². The van der Waals surface area contributed by atoms with E-state index in [-0.39, 0.29) is 6.04 Å². The van der Waals surface area contributed by atoms with Gasteiger partial charge in [-0.25, -0.2) is 0 Å². The summed E-state index contributed by atoms with van der Waals surface area (Å²) in [5, 5.41) is 0. The Morgan fingerprint density at radius 3 is 2.45 bits per heavy atom. The van der Waals surface area contributed by atoms with Crippen LogP contribution in [0.4, 0.5) is 0 Å². The van der Waals surface area contributed by atoms with Crippen molar-refractivity contribution in [3.05, 3.63) is 35.9 Å². The van der Waals surface area contributed by atoms with E-state index in [0.717, 1.165) is 18.4 Å². The largest absolute Gasteiger partial charge is 0.379 e. The lowest BCUT2D eigenvalue weighted by atomic mass is 10.1. The summed E-state index contributed by atoms with van der Waals surface area (Å²) < 4.78 is 34.0. The van der Waals surface area contributed by atoms with Crippen molar-refractivity contribution in [3.63, 3.8) is 0 Å². The lowest BCUT2D eigenvalue weighted by Crippen LogP contribution is -2.48. The number of nitrogens with zero attached hydrogens (tertiary/aromatic N) is 2. The number of hydrogen-bond donors (Lipinski definition) is 0. The molecule has 0 aromatic heterocycles. The van der Waals surface area contributed by atoms with Crippen molar-refractivity contribution in [2.45, 2.75) is 18.9 Å². The third-order valence-corrected chi connectivity index (χ3v) is 6.03. The van der Waals surface area contributed by atoms with Crippen LogP contribution < -0.4 is 0 Å². The molecule has 2 heterocycles. The zero-order chi connectivity index (χ0) is 14.0. The summed E-state index contributed by atoms with van der Waals surface area (Å²) in [7, 11) is -3.37. The van der Waals surface area contributed by atoms with Gasteiger partial charge in [-0.05, 0) is 18.4 Å². The van der Waals surface area contributed by atoms with Crippen LogP contribution in [0.5, 0.6) is 0 Å². The molecule has 1 atom stereocenters. The van der Waals surface area contributed by atoms with Gasteiger partial charge in [0.25, 0.3) is 10.2 Å². The molecule has 0 N–H and O–H groups in total. The predicted octanol–water partition coefficient (Wildman–Crippen LogP) is 1.40. The molecular weight excluding hydrogens is 276 g/mol. The number of ether oxygens (including phenoxy) is 1. The zero-order valence-corrected chi connectivity index (χ0v) is 12.3. The van der Waals surface area contributed by atoms with Crippen molar-refractivity contribution in [2.75, 3.05) is 32.8 Å². The van der Waals surface area contributed by atoms with Crippen molar-refractivity contribution >= 4 is 10.2 Å². The smallest absolute Gasteiger partial charge is 0.282 e. The quantitative estimate of drug-likeness (QED) is 0.847. The molecule has 2 saturated heterocycles. The molecule has 0 amide bonds. The van der Waals surface area contributed by atoms with E-state index >= 15 is 0 Å².